The van der Waals surface area contributed by atoms with Crippen molar-refractivity contribution in [1.29, 1.82) is 0 Å². The SMILES string of the molecule is CCOC(=O)C1CCN(C(=O)Cc2cccc(N(Cc3ccccc3)C(=O)c3ccc4c(c3)OCO4)c2)CC1. The molecule has 2 aliphatic rings. The Balaban J connectivity index is 1.32. The molecule has 8 nitrogen and oxygen atoms in total. The quantitative estimate of drug-likeness (QED) is 0.397. The van der Waals surface area contributed by atoms with Gasteiger partial charge in [0.05, 0.1) is 25.5 Å². The normalized spacial score (nSPS) is 14.6. The van der Waals surface area contributed by atoms with Crippen molar-refractivity contribution in [2.75, 3.05) is 31.4 Å². The van der Waals surface area contributed by atoms with Crippen molar-refractivity contribution >= 4 is 23.5 Å². The summed E-state index contributed by atoms with van der Waals surface area (Å²) < 4.78 is 16.0. The summed E-state index contributed by atoms with van der Waals surface area (Å²) in [4.78, 5) is 42.4. The van der Waals surface area contributed by atoms with Crippen molar-refractivity contribution in [3.05, 3.63) is 89.5 Å². The minimum absolute atomic E-state index is 0.00571. The van der Waals surface area contributed by atoms with Gasteiger partial charge < -0.3 is 24.0 Å². The number of esters is 1. The molecule has 3 aromatic carbocycles. The topological polar surface area (TPSA) is 85.4 Å². The lowest BCUT2D eigenvalue weighted by Crippen LogP contribution is -2.41. The third-order valence-corrected chi connectivity index (χ3v) is 7.09. The Labute approximate surface area is 228 Å². The molecule has 0 saturated carbocycles. The van der Waals surface area contributed by atoms with Crippen molar-refractivity contribution in [2.45, 2.75) is 32.7 Å². The maximum absolute atomic E-state index is 13.8. The van der Waals surface area contributed by atoms with Gasteiger partial charge in [0, 0.05) is 24.3 Å². The number of nitrogens with zero attached hydrogens (tertiary/aromatic N) is 2. The predicted octanol–water partition coefficient (Wildman–Crippen LogP) is 4.61. The van der Waals surface area contributed by atoms with E-state index in [-0.39, 0.29) is 36.9 Å². The van der Waals surface area contributed by atoms with E-state index in [4.69, 9.17) is 14.2 Å². The first-order valence-electron chi connectivity index (χ1n) is 13.3. The van der Waals surface area contributed by atoms with Crippen LogP contribution in [0.2, 0.25) is 0 Å². The first-order chi connectivity index (χ1) is 19.0. The molecule has 0 bridgehead atoms. The van der Waals surface area contributed by atoms with Gasteiger partial charge in [-0.3, -0.25) is 14.4 Å². The molecule has 0 N–H and O–H groups in total. The van der Waals surface area contributed by atoms with Gasteiger partial charge in [0.15, 0.2) is 11.5 Å². The van der Waals surface area contributed by atoms with Crippen molar-refractivity contribution < 1.29 is 28.6 Å². The number of piperidine rings is 1. The summed E-state index contributed by atoms with van der Waals surface area (Å²) in [6.45, 7) is 3.74. The summed E-state index contributed by atoms with van der Waals surface area (Å²) in [7, 11) is 0. The molecule has 0 aliphatic carbocycles. The van der Waals surface area contributed by atoms with Gasteiger partial charge in [-0.2, -0.15) is 0 Å². The number of rotatable bonds is 8. The Hall–Kier alpha value is -4.33. The van der Waals surface area contributed by atoms with Crippen LogP contribution in [-0.2, 0) is 27.3 Å². The van der Waals surface area contributed by atoms with E-state index < -0.39 is 0 Å². The zero-order chi connectivity index (χ0) is 27.2. The maximum atomic E-state index is 13.8. The highest BCUT2D eigenvalue weighted by Crippen LogP contribution is 2.33. The van der Waals surface area contributed by atoms with Gasteiger partial charge >= 0.3 is 5.97 Å². The molecule has 1 fully saturated rings. The zero-order valence-electron chi connectivity index (χ0n) is 22.0. The summed E-state index contributed by atoms with van der Waals surface area (Å²) in [5, 5.41) is 0. The lowest BCUT2D eigenvalue weighted by Gasteiger charge is -2.31. The number of anilines is 1. The van der Waals surface area contributed by atoms with Crippen molar-refractivity contribution in [3.8, 4) is 11.5 Å². The van der Waals surface area contributed by atoms with Crippen LogP contribution in [0.4, 0.5) is 5.69 Å². The molecule has 0 aromatic heterocycles. The highest BCUT2D eigenvalue weighted by atomic mass is 16.7. The molecule has 3 aromatic rings. The van der Waals surface area contributed by atoms with E-state index in [2.05, 4.69) is 0 Å². The summed E-state index contributed by atoms with van der Waals surface area (Å²) in [5.74, 6) is 0.668. The molecule has 202 valence electrons. The average molecular weight is 529 g/mol. The molecular formula is C31H32N2O6. The fraction of sp³-hybridized carbons (Fsp3) is 0.323. The first kappa shape index (κ1) is 26.3. The van der Waals surface area contributed by atoms with Gasteiger partial charge in [-0.25, -0.2) is 0 Å². The third-order valence-electron chi connectivity index (χ3n) is 7.09. The van der Waals surface area contributed by atoms with E-state index in [1.165, 1.54) is 0 Å². The summed E-state index contributed by atoms with van der Waals surface area (Å²) in [6.07, 6.45) is 1.44. The van der Waals surface area contributed by atoms with Crippen LogP contribution in [0.5, 0.6) is 11.5 Å². The Morgan fingerprint density at radius 1 is 0.897 bits per heavy atom. The van der Waals surface area contributed by atoms with Gasteiger partial charge in [-0.05, 0) is 61.2 Å². The van der Waals surface area contributed by atoms with Crippen molar-refractivity contribution in [3.63, 3.8) is 0 Å². The van der Waals surface area contributed by atoms with Gasteiger partial charge in [0.2, 0.25) is 12.7 Å². The maximum Gasteiger partial charge on any atom is 0.309 e. The van der Waals surface area contributed by atoms with Crippen LogP contribution < -0.4 is 14.4 Å². The molecule has 0 atom stereocenters. The molecule has 8 heteroatoms. The van der Waals surface area contributed by atoms with E-state index in [0.717, 1.165) is 11.1 Å². The van der Waals surface area contributed by atoms with Crippen LogP contribution in [0, 0.1) is 5.92 Å². The predicted molar refractivity (Wildman–Crippen MR) is 146 cm³/mol. The second-order valence-corrected chi connectivity index (χ2v) is 9.70. The van der Waals surface area contributed by atoms with Gasteiger partial charge in [-0.15, -0.1) is 0 Å². The van der Waals surface area contributed by atoms with Crippen LogP contribution in [0.25, 0.3) is 0 Å². The fourth-order valence-electron chi connectivity index (χ4n) is 4.98. The molecule has 2 heterocycles. The fourth-order valence-corrected chi connectivity index (χ4v) is 4.98. The Bertz CT molecular complexity index is 1330. The second kappa shape index (κ2) is 12.0. The molecule has 2 aliphatic heterocycles. The lowest BCUT2D eigenvalue weighted by atomic mass is 9.96. The standard InChI is InChI=1S/C31H32N2O6/c1-2-37-31(36)24-13-15-32(16-14-24)29(34)18-23-9-6-10-26(17-23)33(20-22-7-4-3-5-8-22)30(35)25-11-12-27-28(19-25)39-21-38-27/h3-12,17,19,24H,2,13-16,18,20-21H2,1H3. The second-order valence-electron chi connectivity index (χ2n) is 9.70. The van der Waals surface area contributed by atoms with Crippen LogP contribution in [-0.4, -0.2) is 49.2 Å². The Morgan fingerprint density at radius 2 is 1.64 bits per heavy atom. The number of likely N-dealkylation sites (tertiary alicyclic amines) is 1. The van der Waals surface area contributed by atoms with E-state index in [1.54, 1.807) is 30.0 Å². The van der Waals surface area contributed by atoms with Crippen molar-refractivity contribution in [2.24, 2.45) is 5.92 Å². The number of hydrogen-bond acceptors (Lipinski definition) is 6. The van der Waals surface area contributed by atoms with Crippen LogP contribution in [0.15, 0.2) is 72.8 Å². The number of ether oxygens (including phenoxy) is 3. The minimum Gasteiger partial charge on any atom is -0.466 e. The Kier molecular flexibility index (Phi) is 8.10. The van der Waals surface area contributed by atoms with Crippen LogP contribution in [0.3, 0.4) is 0 Å². The molecule has 0 radical (unpaired) electrons. The number of benzene rings is 3. The summed E-state index contributed by atoms with van der Waals surface area (Å²) in [5.41, 5.74) is 2.99. The summed E-state index contributed by atoms with van der Waals surface area (Å²) >= 11 is 0. The largest absolute Gasteiger partial charge is 0.466 e. The number of hydrogen-bond donors (Lipinski definition) is 0. The molecule has 5 rings (SSSR count). The van der Waals surface area contributed by atoms with E-state index in [9.17, 15) is 14.4 Å². The Morgan fingerprint density at radius 3 is 2.41 bits per heavy atom. The van der Waals surface area contributed by atoms with E-state index >= 15 is 0 Å². The van der Waals surface area contributed by atoms with Crippen molar-refractivity contribution in [1.82, 2.24) is 4.90 Å². The highest BCUT2D eigenvalue weighted by molar-refractivity contribution is 6.06. The molecule has 39 heavy (non-hydrogen) atoms. The highest BCUT2D eigenvalue weighted by Gasteiger charge is 2.28. The minimum atomic E-state index is -0.179. The first-order valence-corrected chi connectivity index (χ1v) is 13.3. The van der Waals surface area contributed by atoms with Crippen LogP contribution >= 0.6 is 0 Å². The average Bonchev–Trinajstić information content (AvgIpc) is 3.44. The number of carbonyl (C=O) groups excluding carboxylic acids is 3. The number of carbonyl (C=O) groups is 3. The van der Waals surface area contributed by atoms with E-state index in [0.29, 0.717) is 61.8 Å². The molecule has 0 unspecified atom stereocenters. The third kappa shape index (κ3) is 6.22. The molecule has 1 saturated heterocycles. The monoisotopic (exact) mass is 528 g/mol. The van der Waals surface area contributed by atoms with Gasteiger partial charge in [0.25, 0.3) is 5.91 Å². The number of fused-ring (bicyclic) bond motifs is 1. The summed E-state index contributed by atoms with van der Waals surface area (Å²) in [6, 6.07) is 22.5. The van der Waals surface area contributed by atoms with E-state index in [1.807, 2.05) is 59.5 Å². The lowest BCUT2D eigenvalue weighted by molar-refractivity contribution is -0.151. The smallest absolute Gasteiger partial charge is 0.309 e. The number of amides is 2. The molecule has 0 spiro atoms. The zero-order valence-corrected chi connectivity index (χ0v) is 22.0. The van der Waals surface area contributed by atoms with Gasteiger partial charge in [-0.1, -0.05) is 42.5 Å². The van der Waals surface area contributed by atoms with Gasteiger partial charge in [0.1, 0.15) is 0 Å². The molecular weight excluding hydrogens is 496 g/mol. The van der Waals surface area contributed by atoms with Crippen LogP contribution in [0.1, 0.15) is 41.3 Å². The molecule has 2 amide bonds.